The number of ether oxygens (including phenoxy) is 2. The average molecular weight is 476 g/mol. The molecular weight excluding hydrogens is 442 g/mol. The molecule has 8 nitrogen and oxygen atoms in total. The molecule has 0 spiro atoms. The minimum absolute atomic E-state index is 0.0449. The number of carbonyl (C=O) groups excluding carboxylic acids is 1. The molecule has 1 saturated heterocycles. The summed E-state index contributed by atoms with van der Waals surface area (Å²) in [7, 11) is 1.69. The molecule has 5 rings (SSSR count). The van der Waals surface area contributed by atoms with Crippen LogP contribution >= 0.6 is 0 Å². The highest BCUT2D eigenvalue weighted by Crippen LogP contribution is 2.35. The molecule has 1 aliphatic heterocycles. The van der Waals surface area contributed by atoms with E-state index in [2.05, 4.69) is 39.5 Å². The van der Waals surface area contributed by atoms with Gasteiger partial charge in [-0.15, -0.1) is 5.10 Å². The van der Waals surface area contributed by atoms with Crippen LogP contribution in [-0.2, 0) is 17.8 Å². The van der Waals surface area contributed by atoms with Crippen molar-refractivity contribution in [1.29, 1.82) is 0 Å². The summed E-state index contributed by atoms with van der Waals surface area (Å²) in [4.78, 5) is 17.6. The molecule has 1 atom stereocenters. The van der Waals surface area contributed by atoms with Crippen molar-refractivity contribution in [3.63, 3.8) is 0 Å². The number of methoxy groups -OCH3 is 1. The molecule has 0 bridgehead atoms. The minimum atomic E-state index is 0.0449. The molecule has 2 aliphatic rings. The van der Waals surface area contributed by atoms with Gasteiger partial charge in [0.1, 0.15) is 6.54 Å². The van der Waals surface area contributed by atoms with Gasteiger partial charge in [-0.1, -0.05) is 35.5 Å². The van der Waals surface area contributed by atoms with Crippen LogP contribution in [0.3, 0.4) is 0 Å². The van der Waals surface area contributed by atoms with Gasteiger partial charge in [-0.3, -0.25) is 4.79 Å². The molecule has 0 N–H and O–H groups in total. The predicted molar refractivity (Wildman–Crippen MR) is 134 cm³/mol. The summed E-state index contributed by atoms with van der Waals surface area (Å²) in [5.74, 6) is 1.64. The maximum absolute atomic E-state index is 13.2. The highest BCUT2D eigenvalue weighted by Gasteiger charge is 2.31. The van der Waals surface area contributed by atoms with Gasteiger partial charge in [-0.2, -0.15) is 0 Å². The molecule has 184 valence electrons. The van der Waals surface area contributed by atoms with Gasteiger partial charge in [0, 0.05) is 37.6 Å². The summed E-state index contributed by atoms with van der Waals surface area (Å²) in [6.07, 6.45) is 9.01. The number of aromatic nitrogens is 3. The lowest BCUT2D eigenvalue weighted by Crippen LogP contribution is -2.56. The van der Waals surface area contributed by atoms with Crippen molar-refractivity contribution in [3.05, 3.63) is 66.5 Å². The fourth-order valence-electron chi connectivity index (χ4n) is 5.17. The molecule has 8 heteroatoms. The van der Waals surface area contributed by atoms with E-state index in [9.17, 15) is 4.79 Å². The van der Waals surface area contributed by atoms with E-state index in [4.69, 9.17) is 9.47 Å². The van der Waals surface area contributed by atoms with Gasteiger partial charge in [-0.25, -0.2) is 4.68 Å². The Kier molecular flexibility index (Phi) is 7.16. The zero-order chi connectivity index (χ0) is 24.0. The van der Waals surface area contributed by atoms with Crippen LogP contribution in [0.25, 0.3) is 0 Å². The molecule has 1 saturated carbocycles. The Morgan fingerprint density at radius 3 is 2.63 bits per heavy atom. The molecule has 1 amide bonds. The highest BCUT2D eigenvalue weighted by atomic mass is 16.5. The third kappa shape index (κ3) is 5.58. The van der Waals surface area contributed by atoms with Gasteiger partial charge in [0.2, 0.25) is 5.91 Å². The first-order chi connectivity index (χ1) is 17.2. The van der Waals surface area contributed by atoms with Gasteiger partial charge >= 0.3 is 0 Å². The Hall–Kier alpha value is -3.55. The van der Waals surface area contributed by atoms with Crippen LogP contribution < -0.4 is 14.4 Å². The molecule has 2 heterocycles. The standard InChI is InChI=1S/C27H33N5O3/c1-34-25-12-11-22(18-26(25)35-24-9-5-6-10-24)30-15-16-32(27(33)20-31-14-13-28-29-31)23(19-30)17-21-7-3-2-4-8-21/h2-4,7-8,11-14,18,23-24H,5-6,9-10,15-17,19-20H2,1H3/t23-/m0/s1. The molecule has 0 unspecified atom stereocenters. The summed E-state index contributed by atoms with van der Waals surface area (Å²) >= 11 is 0. The Labute approximate surface area is 206 Å². The smallest absolute Gasteiger partial charge is 0.244 e. The van der Waals surface area contributed by atoms with Crippen molar-refractivity contribution in [3.8, 4) is 11.5 Å². The van der Waals surface area contributed by atoms with Crippen molar-refractivity contribution in [1.82, 2.24) is 19.9 Å². The molecule has 35 heavy (non-hydrogen) atoms. The Bertz CT molecular complexity index is 1100. The van der Waals surface area contributed by atoms with Crippen LogP contribution in [0.2, 0.25) is 0 Å². The fourth-order valence-corrected chi connectivity index (χ4v) is 5.17. The van der Waals surface area contributed by atoms with E-state index >= 15 is 0 Å². The van der Waals surface area contributed by atoms with E-state index in [0.717, 1.165) is 49.5 Å². The number of benzene rings is 2. The number of nitrogens with zero attached hydrogens (tertiary/aromatic N) is 5. The highest BCUT2D eigenvalue weighted by molar-refractivity contribution is 5.77. The lowest BCUT2D eigenvalue weighted by atomic mass is 10.0. The summed E-state index contributed by atoms with van der Waals surface area (Å²) in [5.41, 5.74) is 2.32. The summed E-state index contributed by atoms with van der Waals surface area (Å²) in [6.45, 7) is 2.35. The average Bonchev–Trinajstić information content (AvgIpc) is 3.59. The Morgan fingerprint density at radius 2 is 1.89 bits per heavy atom. The number of rotatable bonds is 8. The van der Waals surface area contributed by atoms with E-state index in [1.807, 2.05) is 29.2 Å². The Morgan fingerprint density at radius 1 is 1.06 bits per heavy atom. The third-order valence-electron chi connectivity index (χ3n) is 6.99. The second-order valence-corrected chi connectivity index (χ2v) is 9.34. The van der Waals surface area contributed by atoms with Crippen molar-refractivity contribution < 1.29 is 14.3 Å². The van der Waals surface area contributed by atoms with Gasteiger partial charge in [0.05, 0.1) is 25.5 Å². The first-order valence-electron chi connectivity index (χ1n) is 12.5. The number of carbonyl (C=O) groups is 1. The predicted octanol–water partition coefficient (Wildman–Crippen LogP) is 3.57. The first kappa shape index (κ1) is 23.2. The molecular formula is C27H33N5O3. The number of piperazine rings is 1. The van der Waals surface area contributed by atoms with Crippen molar-refractivity contribution >= 4 is 11.6 Å². The number of amides is 1. The van der Waals surface area contributed by atoms with Crippen LogP contribution in [-0.4, -0.2) is 64.7 Å². The second-order valence-electron chi connectivity index (χ2n) is 9.34. The van der Waals surface area contributed by atoms with Crippen LogP contribution in [0, 0.1) is 0 Å². The number of hydrogen-bond acceptors (Lipinski definition) is 6. The summed E-state index contributed by atoms with van der Waals surface area (Å²) in [5, 5.41) is 7.80. The minimum Gasteiger partial charge on any atom is -0.493 e. The molecule has 2 fully saturated rings. The van der Waals surface area contributed by atoms with E-state index in [1.54, 1.807) is 24.2 Å². The summed E-state index contributed by atoms with van der Waals surface area (Å²) < 4.78 is 13.5. The second kappa shape index (κ2) is 10.8. The number of anilines is 1. The summed E-state index contributed by atoms with van der Waals surface area (Å²) in [6, 6.07) is 16.6. The quantitative estimate of drug-likeness (QED) is 0.496. The Balaban J connectivity index is 1.35. The van der Waals surface area contributed by atoms with Crippen molar-refractivity contribution in [2.45, 2.75) is 50.8 Å². The lowest BCUT2D eigenvalue weighted by molar-refractivity contribution is -0.134. The van der Waals surface area contributed by atoms with Gasteiger partial charge in [0.25, 0.3) is 0 Å². The SMILES string of the molecule is COc1ccc(N2CCN(C(=O)Cn3ccnn3)[C@@H](Cc3ccccc3)C2)cc1OC1CCCC1. The maximum Gasteiger partial charge on any atom is 0.244 e. The molecule has 2 aromatic carbocycles. The topological polar surface area (TPSA) is 72.7 Å². The first-order valence-corrected chi connectivity index (χ1v) is 12.5. The monoisotopic (exact) mass is 475 g/mol. The van der Waals surface area contributed by atoms with Crippen LogP contribution in [0.5, 0.6) is 11.5 Å². The molecule has 3 aromatic rings. The molecule has 0 radical (unpaired) electrons. The van der Waals surface area contributed by atoms with Gasteiger partial charge in [-0.05, 0) is 49.8 Å². The zero-order valence-electron chi connectivity index (χ0n) is 20.3. The molecule has 1 aliphatic carbocycles. The van der Waals surface area contributed by atoms with Crippen LogP contribution in [0.4, 0.5) is 5.69 Å². The van der Waals surface area contributed by atoms with Crippen molar-refractivity contribution in [2.75, 3.05) is 31.6 Å². The number of hydrogen-bond donors (Lipinski definition) is 0. The van der Waals surface area contributed by atoms with Gasteiger partial charge in [0.15, 0.2) is 11.5 Å². The largest absolute Gasteiger partial charge is 0.493 e. The van der Waals surface area contributed by atoms with Crippen molar-refractivity contribution in [2.24, 2.45) is 0 Å². The van der Waals surface area contributed by atoms with Crippen LogP contribution in [0.15, 0.2) is 60.9 Å². The van der Waals surface area contributed by atoms with Gasteiger partial charge < -0.3 is 19.3 Å². The normalized spacial score (nSPS) is 18.6. The van der Waals surface area contributed by atoms with E-state index in [0.29, 0.717) is 6.54 Å². The lowest BCUT2D eigenvalue weighted by Gasteiger charge is -2.42. The third-order valence-corrected chi connectivity index (χ3v) is 6.99. The van der Waals surface area contributed by atoms with Crippen LogP contribution in [0.1, 0.15) is 31.2 Å². The fraction of sp³-hybridized carbons (Fsp3) is 0.444. The van der Waals surface area contributed by atoms with E-state index in [-0.39, 0.29) is 24.6 Å². The maximum atomic E-state index is 13.2. The van der Waals surface area contributed by atoms with E-state index < -0.39 is 0 Å². The zero-order valence-corrected chi connectivity index (χ0v) is 20.3. The molecule has 1 aromatic heterocycles. The van der Waals surface area contributed by atoms with E-state index in [1.165, 1.54) is 18.4 Å².